The van der Waals surface area contributed by atoms with Crippen molar-refractivity contribution in [1.82, 2.24) is 10.6 Å². The summed E-state index contributed by atoms with van der Waals surface area (Å²) in [7, 11) is 0. The highest BCUT2D eigenvalue weighted by Gasteiger charge is 2.23. The van der Waals surface area contributed by atoms with Crippen molar-refractivity contribution in [3.05, 3.63) is 29.8 Å². The van der Waals surface area contributed by atoms with Crippen LogP contribution in [-0.4, -0.2) is 24.5 Å². The van der Waals surface area contributed by atoms with E-state index in [0.29, 0.717) is 23.2 Å². The molecule has 124 valence electrons. The lowest BCUT2D eigenvalue weighted by Gasteiger charge is -2.21. The molecule has 0 aromatic heterocycles. The lowest BCUT2D eigenvalue weighted by atomic mass is 9.89. The highest BCUT2D eigenvalue weighted by molar-refractivity contribution is 5.95. The smallest absolute Gasteiger partial charge is 0.319 e. The van der Waals surface area contributed by atoms with Crippen LogP contribution in [0.1, 0.15) is 55.3 Å². The molecule has 0 aliphatic heterocycles. The van der Waals surface area contributed by atoms with Crippen LogP contribution in [0.25, 0.3) is 0 Å². The summed E-state index contributed by atoms with van der Waals surface area (Å²) in [6, 6.07) is 7.20. The van der Waals surface area contributed by atoms with E-state index in [1.807, 2.05) is 0 Å². The fourth-order valence-corrected chi connectivity index (χ4v) is 3.00. The van der Waals surface area contributed by atoms with Crippen LogP contribution in [0.3, 0.4) is 0 Å². The summed E-state index contributed by atoms with van der Waals surface area (Å²) < 4.78 is 0. The quantitative estimate of drug-likeness (QED) is 0.780. The second-order valence-corrected chi connectivity index (χ2v) is 6.66. The molecule has 0 saturated heterocycles. The summed E-state index contributed by atoms with van der Waals surface area (Å²) >= 11 is 0. The summed E-state index contributed by atoms with van der Waals surface area (Å²) in [5.41, 5.74) is 1.33. The number of rotatable bonds is 5. The Kier molecular flexibility index (Phi) is 5.16. The Labute approximate surface area is 137 Å². The van der Waals surface area contributed by atoms with Gasteiger partial charge in [0.15, 0.2) is 0 Å². The fourth-order valence-electron chi connectivity index (χ4n) is 3.00. The second kappa shape index (κ2) is 7.49. The average Bonchev–Trinajstić information content (AvgIpc) is 3.38. The van der Waals surface area contributed by atoms with Gasteiger partial charge in [0.05, 0.1) is 0 Å². The maximum Gasteiger partial charge on any atom is 0.319 e. The number of urea groups is 1. The Hall–Kier alpha value is -2.04. The van der Waals surface area contributed by atoms with Crippen LogP contribution in [0.5, 0.6) is 0 Å². The minimum absolute atomic E-state index is 0.0409. The number of hydrogen-bond acceptors (Lipinski definition) is 2. The maximum absolute atomic E-state index is 11.9. The summed E-state index contributed by atoms with van der Waals surface area (Å²) in [5, 5.41) is 8.71. The summed E-state index contributed by atoms with van der Waals surface area (Å²) in [4.78, 5) is 23.8. The first kappa shape index (κ1) is 15.8. The van der Waals surface area contributed by atoms with Gasteiger partial charge in [0.2, 0.25) is 0 Å². The number of benzene rings is 1. The molecule has 0 spiro atoms. The van der Waals surface area contributed by atoms with Crippen molar-refractivity contribution < 1.29 is 9.59 Å². The monoisotopic (exact) mass is 315 g/mol. The molecule has 0 unspecified atom stereocenters. The van der Waals surface area contributed by atoms with Crippen molar-refractivity contribution in [3.63, 3.8) is 0 Å². The zero-order valence-electron chi connectivity index (χ0n) is 13.4. The zero-order chi connectivity index (χ0) is 16.1. The van der Waals surface area contributed by atoms with E-state index < -0.39 is 0 Å². The van der Waals surface area contributed by atoms with Crippen LogP contribution >= 0.6 is 0 Å². The third-order valence-electron chi connectivity index (χ3n) is 4.59. The molecule has 0 bridgehead atoms. The van der Waals surface area contributed by atoms with Gasteiger partial charge in [-0.15, -0.1) is 0 Å². The van der Waals surface area contributed by atoms with Crippen molar-refractivity contribution in [3.8, 4) is 0 Å². The number of nitrogens with one attached hydrogen (secondary N) is 3. The number of carbonyl (C=O) groups is 2. The molecular formula is C18H25N3O2. The molecule has 2 fully saturated rings. The van der Waals surface area contributed by atoms with Crippen molar-refractivity contribution in [2.45, 2.75) is 51.0 Å². The lowest BCUT2D eigenvalue weighted by molar-refractivity contribution is 0.0951. The third-order valence-corrected chi connectivity index (χ3v) is 4.59. The lowest BCUT2D eigenvalue weighted by Crippen LogP contribution is -2.33. The van der Waals surface area contributed by atoms with Gasteiger partial charge in [-0.05, 0) is 55.9 Å². The maximum atomic E-state index is 11.9. The molecule has 5 nitrogen and oxygen atoms in total. The molecular weight excluding hydrogens is 290 g/mol. The highest BCUT2D eigenvalue weighted by atomic mass is 16.2. The fraction of sp³-hybridized carbons (Fsp3) is 0.556. The first-order valence-corrected chi connectivity index (χ1v) is 8.66. The van der Waals surface area contributed by atoms with Crippen LogP contribution in [-0.2, 0) is 0 Å². The van der Waals surface area contributed by atoms with E-state index in [4.69, 9.17) is 0 Å². The van der Waals surface area contributed by atoms with E-state index in [1.54, 1.807) is 24.3 Å². The van der Waals surface area contributed by atoms with Gasteiger partial charge < -0.3 is 16.0 Å². The highest BCUT2D eigenvalue weighted by Crippen LogP contribution is 2.23. The molecule has 2 aliphatic rings. The Bertz CT molecular complexity index is 546. The molecule has 0 heterocycles. The summed E-state index contributed by atoms with van der Waals surface area (Å²) in [6.07, 6.45) is 8.45. The van der Waals surface area contributed by atoms with Crippen LogP contribution < -0.4 is 16.0 Å². The van der Waals surface area contributed by atoms with Crippen molar-refractivity contribution in [2.24, 2.45) is 5.92 Å². The molecule has 0 radical (unpaired) electrons. The third kappa shape index (κ3) is 4.98. The molecule has 3 rings (SSSR count). The van der Waals surface area contributed by atoms with Crippen LogP contribution in [0.2, 0.25) is 0 Å². The number of amides is 3. The number of hydrogen-bond donors (Lipinski definition) is 3. The minimum Gasteiger partial charge on any atom is -0.349 e. The topological polar surface area (TPSA) is 70.2 Å². The van der Waals surface area contributed by atoms with Crippen molar-refractivity contribution >= 4 is 17.6 Å². The SMILES string of the molecule is O=C(NCC1CCCCC1)Nc1ccc(C(=O)NC2CC2)cc1. The molecule has 1 aromatic rings. The van der Waals surface area contributed by atoms with E-state index in [0.717, 1.165) is 19.4 Å². The van der Waals surface area contributed by atoms with Crippen LogP contribution in [0.4, 0.5) is 10.5 Å². The normalized spacial score (nSPS) is 18.3. The van der Waals surface area contributed by atoms with Gasteiger partial charge in [-0.3, -0.25) is 4.79 Å². The van der Waals surface area contributed by atoms with E-state index >= 15 is 0 Å². The van der Waals surface area contributed by atoms with E-state index in [9.17, 15) is 9.59 Å². The first-order chi connectivity index (χ1) is 11.2. The summed E-state index contributed by atoms with van der Waals surface area (Å²) in [5.74, 6) is 0.573. The standard InChI is InChI=1S/C18H25N3O2/c22-17(20-15-10-11-15)14-6-8-16(9-7-14)21-18(23)19-12-13-4-2-1-3-5-13/h6-9,13,15H,1-5,10-12H2,(H,20,22)(H2,19,21,23). The molecule has 1 aromatic carbocycles. The van der Waals surface area contributed by atoms with Gasteiger partial charge >= 0.3 is 6.03 Å². The van der Waals surface area contributed by atoms with Crippen molar-refractivity contribution in [2.75, 3.05) is 11.9 Å². The van der Waals surface area contributed by atoms with E-state index in [-0.39, 0.29) is 11.9 Å². The number of anilines is 1. The Balaban J connectivity index is 1.43. The van der Waals surface area contributed by atoms with Gasteiger partial charge in [0.25, 0.3) is 5.91 Å². The van der Waals surface area contributed by atoms with Gasteiger partial charge in [-0.2, -0.15) is 0 Å². The molecule has 5 heteroatoms. The van der Waals surface area contributed by atoms with Crippen molar-refractivity contribution in [1.29, 1.82) is 0 Å². The van der Waals surface area contributed by atoms with Gasteiger partial charge in [0, 0.05) is 23.8 Å². The van der Waals surface area contributed by atoms with Gasteiger partial charge in [-0.25, -0.2) is 4.79 Å². The zero-order valence-corrected chi connectivity index (χ0v) is 13.4. The Morgan fingerprint density at radius 2 is 1.65 bits per heavy atom. The predicted molar refractivity (Wildman–Crippen MR) is 90.5 cm³/mol. The van der Waals surface area contributed by atoms with Gasteiger partial charge in [0.1, 0.15) is 0 Å². The first-order valence-electron chi connectivity index (χ1n) is 8.66. The predicted octanol–water partition coefficient (Wildman–Crippen LogP) is 3.28. The molecule has 3 N–H and O–H groups in total. The molecule has 2 saturated carbocycles. The summed E-state index contributed by atoms with van der Waals surface area (Å²) in [6.45, 7) is 0.744. The Morgan fingerprint density at radius 1 is 0.957 bits per heavy atom. The van der Waals surface area contributed by atoms with Gasteiger partial charge in [-0.1, -0.05) is 19.3 Å². The average molecular weight is 315 g/mol. The second-order valence-electron chi connectivity index (χ2n) is 6.66. The van der Waals surface area contributed by atoms with E-state index in [2.05, 4.69) is 16.0 Å². The molecule has 2 aliphatic carbocycles. The Morgan fingerprint density at radius 3 is 2.30 bits per heavy atom. The molecule has 3 amide bonds. The largest absolute Gasteiger partial charge is 0.349 e. The molecule has 0 atom stereocenters. The molecule has 23 heavy (non-hydrogen) atoms. The van der Waals surface area contributed by atoms with Crippen LogP contribution in [0.15, 0.2) is 24.3 Å². The number of carbonyl (C=O) groups excluding carboxylic acids is 2. The minimum atomic E-state index is -0.175. The van der Waals surface area contributed by atoms with E-state index in [1.165, 1.54) is 32.1 Å². The van der Waals surface area contributed by atoms with Crippen LogP contribution in [0, 0.1) is 5.92 Å².